The molecule has 3 atom stereocenters. The predicted octanol–water partition coefficient (Wildman–Crippen LogP) is 1.18. The largest absolute Gasteiger partial charge is 0.375 e. The summed E-state index contributed by atoms with van der Waals surface area (Å²) >= 11 is 0. The van der Waals surface area contributed by atoms with Crippen molar-refractivity contribution >= 4 is 6.21 Å². The minimum Gasteiger partial charge on any atom is -0.375 e. The highest BCUT2D eigenvalue weighted by Gasteiger charge is 2.24. The molecule has 0 radical (unpaired) electrons. The molecule has 70 valence electrons. The van der Waals surface area contributed by atoms with E-state index in [4.69, 9.17) is 10.1 Å². The van der Waals surface area contributed by atoms with Gasteiger partial charge in [-0.05, 0) is 33.0 Å². The lowest BCUT2D eigenvalue weighted by Crippen LogP contribution is -2.40. The Bertz CT molecular complexity index is 149. The van der Waals surface area contributed by atoms with Gasteiger partial charge in [0.05, 0.1) is 12.2 Å². The second-order valence-corrected chi connectivity index (χ2v) is 3.47. The van der Waals surface area contributed by atoms with E-state index < -0.39 is 0 Å². The zero-order valence-corrected chi connectivity index (χ0v) is 7.84. The topological polar surface area (TPSA) is 45.1 Å². The van der Waals surface area contributed by atoms with Crippen molar-refractivity contribution in [3.05, 3.63) is 0 Å². The normalized spacial score (nSPS) is 36.3. The van der Waals surface area contributed by atoms with E-state index in [1.807, 2.05) is 7.05 Å². The van der Waals surface area contributed by atoms with Crippen molar-refractivity contribution < 1.29 is 4.74 Å². The van der Waals surface area contributed by atoms with Crippen LogP contribution in [0.25, 0.3) is 0 Å². The van der Waals surface area contributed by atoms with Gasteiger partial charge in [0.25, 0.3) is 0 Å². The zero-order valence-electron chi connectivity index (χ0n) is 7.84. The Balaban J connectivity index is 2.39. The van der Waals surface area contributed by atoms with Gasteiger partial charge in [-0.2, -0.15) is 0 Å². The molecule has 1 aliphatic rings. The highest BCUT2D eigenvalue weighted by Crippen LogP contribution is 2.20. The van der Waals surface area contributed by atoms with E-state index in [9.17, 15) is 0 Å². The Kier molecular flexibility index (Phi) is 3.69. The maximum absolute atomic E-state index is 7.00. The first kappa shape index (κ1) is 9.68. The van der Waals surface area contributed by atoms with Crippen molar-refractivity contribution in [2.45, 2.75) is 44.4 Å². The van der Waals surface area contributed by atoms with Gasteiger partial charge >= 0.3 is 0 Å². The molecule has 2 N–H and O–H groups in total. The fourth-order valence-corrected chi connectivity index (χ4v) is 1.77. The average Bonchev–Trinajstić information content (AvgIpc) is 2.04. The Morgan fingerprint density at radius 2 is 2.33 bits per heavy atom. The molecule has 1 aliphatic heterocycles. The minimum absolute atomic E-state index is 0.253. The summed E-state index contributed by atoms with van der Waals surface area (Å²) in [6.45, 7) is 2.10. The highest BCUT2D eigenvalue weighted by atomic mass is 16.5. The second kappa shape index (κ2) is 4.58. The Hall–Kier alpha value is -0.410. The lowest BCUT2D eigenvalue weighted by atomic mass is 9.98. The Morgan fingerprint density at radius 3 is 2.92 bits per heavy atom. The molecule has 0 aliphatic carbocycles. The predicted molar refractivity (Wildman–Crippen MR) is 49.8 cm³/mol. The third-order valence-corrected chi connectivity index (χ3v) is 2.38. The summed E-state index contributed by atoms with van der Waals surface area (Å²) in [6, 6.07) is 0.568. The number of hydrogen-bond acceptors (Lipinski definition) is 3. The van der Waals surface area contributed by atoms with Gasteiger partial charge in [0.1, 0.15) is 0 Å². The maximum atomic E-state index is 7.00. The van der Waals surface area contributed by atoms with E-state index in [0.717, 1.165) is 19.3 Å². The first-order chi connectivity index (χ1) is 5.76. The molecule has 1 fully saturated rings. The van der Waals surface area contributed by atoms with Crippen LogP contribution in [-0.4, -0.2) is 31.5 Å². The van der Waals surface area contributed by atoms with Crippen LogP contribution in [0, 0.1) is 5.41 Å². The van der Waals surface area contributed by atoms with E-state index in [1.165, 1.54) is 6.21 Å². The molecular formula is C9H18N2O. The molecule has 0 aromatic heterocycles. The summed E-state index contributed by atoms with van der Waals surface area (Å²) in [5.74, 6) is 0. The van der Waals surface area contributed by atoms with Gasteiger partial charge in [-0.1, -0.05) is 0 Å². The number of hydrogen-bond donors (Lipinski definition) is 2. The quantitative estimate of drug-likeness (QED) is 0.625. The third kappa shape index (κ3) is 2.57. The van der Waals surface area contributed by atoms with Gasteiger partial charge in [-0.15, -0.1) is 0 Å². The van der Waals surface area contributed by atoms with Crippen molar-refractivity contribution in [3.63, 3.8) is 0 Å². The molecule has 3 heteroatoms. The van der Waals surface area contributed by atoms with Gasteiger partial charge in [0.2, 0.25) is 0 Å². The fourth-order valence-electron chi connectivity index (χ4n) is 1.77. The lowest BCUT2D eigenvalue weighted by molar-refractivity contribution is -0.0463. The number of rotatable bonds is 3. The monoisotopic (exact) mass is 170 g/mol. The van der Waals surface area contributed by atoms with Gasteiger partial charge in [-0.25, -0.2) is 0 Å². The van der Waals surface area contributed by atoms with E-state index in [1.54, 1.807) is 0 Å². The molecule has 0 spiro atoms. The molecular weight excluding hydrogens is 152 g/mol. The smallest absolute Gasteiger partial charge is 0.0642 e. The number of ether oxygens (including phenoxy) is 1. The van der Waals surface area contributed by atoms with Crippen LogP contribution in [-0.2, 0) is 4.74 Å². The van der Waals surface area contributed by atoms with Gasteiger partial charge in [0.15, 0.2) is 0 Å². The standard InChI is InChI=1S/C9H18N2O/c1-7-5-8(11-2)6-9(12-7)3-4-10/h4,7-11H,3,5-6H2,1-2H3. The van der Waals surface area contributed by atoms with Crippen LogP contribution >= 0.6 is 0 Å². The SMILES string of the molecule is CNC1CC(C)OC(CC=N)C1. The minimum atomic E-state index is 0.253. The highest BCUT2D eigenvalue weighted by molar-refractivity contribution is 5.53. The molecule has 1 saturated heterocycles. The number of nitrogens with one attached hydrogen (secondary N) is 2. The molecule has 0 saturated carbocycles. The fraction of sp³-hybridized carbons (Fsp3) is 0.889. The summed E-state index contributed by atoms with van der Waals surface area (Å²) in [4.78, 5) is 0. The molecule has 0 aromatic carbocycles. The van der Waals surface area contributed by atoms with Crippen molar-refractivity contribution in [1.82, 2.24) is 5.32 Å². The summed E-state index contributed by atoms with van der Waals surface area (Å²) in [5.41, 5.74) is 0. The lowest BCUT2D eigenvalue weighted by Gasteiger charge is -2.33. The summed E-state index contributed by atoms with van der Waals surface area (Å²) < 4.78 is 5.67. The van der Waals surface area contributed by atoms with E-state index in [-0.39, 0.29) is 6.10 Å². The molecule has 1 heterocycles. The molecule has 3 unspecified atom stereocenters. The Labute approximate surface area is 74.0 Å². The second-order valence-electron chi connectivity index (χ2n) is 3.47. The van der Waals surface area contributed by atoms with Crippen LogP contribution in [0.3, 0.4) is 0 Å². The Morgan fingerprint density at radius 1 is 1.58 bits per heavy atom. The third-order valence-electron chi connectivity index (χ3n) is 2.38. The van der Waals surface area contributed by atoms with Gasteiger partial charge < -0.3 is 15.5 Å². The van der Waals surface area contributed by atoms with Crippen LogP contribution in [0.5, 0.6) is 0 Å². The van der Waals surface area contributed by atoms with Crippen LogP contribution in [0.15, 0.2) is 0 Å². The van der Waals surface area contributed by atoms with E-state index >= 15 is 0 Å². The molecule has 0 aromatic rings. The molecule has 3 nitrogen and oxygen atoms in total. The summed E-state index contributed by atoms with van der Waals surface area (Å²) in [7, 11) is 1.99. The molecule has 1 rings (SSSR count). The maximum Gasteiger partial charge on any atom is 0.0642 e. The van der Waals surface area contributed by atoms with Crippen molar-refractivity contribution in [1.29, 1.82) is 5.41 Å². The van der Waals surface area contributed by atoms with Crippen LogP contribution in [0.4, 0.5) is 0 Å². The zero-order chi connectivity index (χ0) is 8.97. The van der Waals surface area contributed by atoms with Gasteiger partial charge in [0, 0.05) is 12.5 Å². The molecule has 12 heavy (non-hydrogen) atoms. The van der Waals surface area contributed by atoms with Gasteiger partial charge in [-0.3, -0.25) is 0 Å². The molecule has 0 amide bonds. The van der Waals surface area contributed by atoms with E-state index in [0.29, 0.717) is 12.1 Å². The first-order valence-corrected chi connectivity index (χ1v) is 4.58. The molecule has 0 bridgehead atoms. The van der Waals surface area contributed by atoms with Crippen molar-refractivity contribution in [2.75, 3.05) is 7.05 Å². The van der Waals surface area contributed by atoms with Crippen molar-refractivity contribution in [2.24, 2.45) is 0 Å². The van der Waals surface area contributed by atoms with Crippen LogP contribution in [0.1, 0.15) is 26.2 Å². The summed E-state index contributed by atoms with van der Waals surface area (Å²) in [6.07, 6.45) is 4.91. The van der Waals surface area contributed by atoms with E-state index in [2.05, 4.69) is 12.2 Å². The van der Waals surface area contributed by atoms with Crippen LogP contribution < -0.4 is 5.32 Å². The average molecular weight is 170 g/mol. The van der Waals surface area contributed by atoms with Crippen molar-refractivity contribution in [3.8, 4) is 0 Å². The van der Waals surface area contributed by atoms with Crippen LogP contribution in [0.2, 0.25) is 0 Å². The summed E-state index contributed by atoms with van der Waals surface area (Å²) in [5, 5.41) is 10.3. The first-order valence-electron chi connectivity index (χ1n) is 4.58.